The maximum Gasteiger partial charge on any atom is 0.130 e. The van der Waals surface area contributed by atoms with E-state index >= 15 is 0 Å². The molecule has 0 aliphatic carbocycles. The molecular formula is C14H17N2P. The first kappa shape index (κ1) is 12.1. The van der Waals surface area contributed by atoms with E-state index in [1.54, 1.807) is 0 Å². The molecule has 0 amide bonds. The summed E-state index contributed by atoms with van der Waals surface area (Å²) in [6.07, 6.45) is 2.84. The Balaban J connectivity index is 2.19. The van der Waals surface area contributed by atoms with Crippen molar-refractivity contribution in [2.75, 3.05) is 5.32 Å². The third-order valence-electron chi connectivity index (χ3n) is 2.71. The third-order valence-corrected chi connectivity index (χ3v) is 3.18. The van der Waals surface area contributed by atoms with Gasteiger partial charge in [-0.2, -0.15) is 0 Å². The van der Waals surface area contributed by atoms with Gasteiger partial charge in [-0.25, -0.2) is 4.98 Å². The van der Waals surface area contributed by atoms with Crippen LogP contribution in [0.5, 0.6) is 0 Å². The zero-order valence-electron chi connectivity index (χ0n) is 10.2. The van der Waals surface area contributed by atoms with Crippen molar-refractivity contribution in [2.24, 2.45) is 0 Å². The summed E-state index contributed by atoms with van der Waals surface area (Å²) in [6, 6.07) is 10.5. The lowest BCUT2D eigenvalue weighted by Crippen LogP contribution is -1.96. The van der Waals surface area contributed by atoms with Gasteiger partial charge < -0.3 is 5.32 Å². The average Bonchev–Trinajstić information content (AvgIpc) is 2.34. The molecule has 1 heterocycles. The van der Waals surface area contributed by atoms with Gasteiger partial charge in [-0.1, -0.05) is 23.8 Å². The molecule has 88 valence electrons. The molecule has 1 aromatic carbocycles. The third kappa shape index (κ3) is 3.04. The monoisotopic (exact) mass is 244 g/mol. The standard InChI is InChI=1S/C14H17N2P/c1-10-3-5-13(11(2)7-10)16-14-6-4-12(9-17)8-15-14/h3-8H,9,17H2,1-2H3,(H,15,16). The van der Waals surface area contributed by atoms with E-state index in [1.807, 2.05) is 12.3 Å². The molecule has 0 spiro atoms. The number of hydrogen-bond acceptors (Lipinski definition) is 2. The van der Waals surface area contributed by atoms with Crippen LogP contribution < -0.4 is 5.32 Å². The van der Waals surface area contributed by atoms with E-state index in [1.165, 1.54) is 16.7 Å². The number of nitrogens with one attached hydrogen (secondary N) is 1. The number of aryl methyl sites for hydroxylation is 2. The molecule has 0 bridgehead atoms. The largest absolute Gasteiger partial charge is 0.340 e. The highest BCUT2D eigenvalue weighted by molar-refractivity contribution is 7.15. The molecule has 2 nitrogen and oxygen atoms in total. The van der Waals surface area contributed by atoms with Gasteiger partial charge >= 0.3 is 0 Å². The molecule has 2 aromatic rings. The number of anilines is 2. The summed E-state index contributed by atoms with van der Waals surface area (Å²) in [7, 11) is 2.70. The maximum absolute atomic E-state index is 4.38. The second-order valence-corrected chi connectivity index (χ2v) is 4.61. The highest BCUT2D eigenvalue weighted by Crippen LogP contribution is 2.20. The van der Waals surface area contributed by atoms with Crippen molar-refractivity contribution < 1.29 is 0 Å². The van der Waals surface area contributed by atoms with Crippen LogP contribution in [0, 0.1) is 13.8 Å². The van der Waals surface area contributed by atoms with Gasteiger partial charge in [0.15, 0.2) is 0 Å². The predicted octanol–water partition coefficient (Wildman–Crippen LogP) is 3.82. The minimum absolute atomic E-state index is 0.888. The number of nitrogens with zero attached hydrogens (tertiary/aromatic N) is 1. The molecule has 1 atom stereocenters. The molecule has 0 fully saturated rings. The molecule has 1 aromatic heterocycles. The van der Waals surface area contributed by atoms with Crippen LogP contribution in [0.1, 0.15) is 16.7 Å². The zero-order chi connectivity index (χ0) is 12.3. The van der Waals surface area contributed by atoms with Crippen molar-refractivity contribution in [2.45, 2.75) is 20.0 Å². The van der Waals surface area contributed by atoms with Crippen LogP contribution in [0.15, 0.2) is 36.5 Å². The minimum Gasteiger partial charge on any atom is -0.340 e. The van der Waals surface area contributed by atoms with Crippen LogP contribution in [0.25, 0.3) is 0 Å². The van der Waals surface area contributed by atoms with E-state index in [-0.39, 0.29) is 0 Å². The Bertz CT molecular complexity index is 506. The lowest BCUT2D eigenvalue weighted by molar-refractivity contribution is 1.24. The van der Waals surface area contributed by atoms with Crippen LogP contribution in [-0.2, 0) is 6.16 Å². The van der Waals surface area contributed by atoms with Gasteiger partial charge in [0.25, 0.3) is 0 Å². The smallest absolute Gasteiger partial charge is 0.130 e. The average molecular weight is 244 g/mol. The molecule has 0 saturated heterocycles. The van der Waals surface area contributed by atoms with E-state index in [0.717, 1.165) is 17.7 Å². The van der Waals surface area contributed by atoms with Crippen molar-refractivity contribution in [3.63, 3.8) is 0 Å². The Kier molecular flexibility index (Phi) is 3.75. The van der Waals surface area contributed by atoms with Gasteiger partial charge in [-0.3, -0.25) is 0 Å². The fourth-order valence-corrected chi connectivity index (χ4v) is 1.95. The first-order valence-corrected chi connectivity index (χ1v) is 6.50. The lowest BCUT2D eigenvalue weighted by Gasteiger charge is -2.09. The summed E-state index contributed by atoms with van der Waals surface area (Å²) in [6.45, 7) is 4.20. The Morgan fingerprint density at radius 1 is 1.18 bits per heavy atom. The number of rotatable bonds is 3. The van der Waals surface area contributed by atoms with E-state index in [0.29, 0.717) is 0 Å². The first-order valence-electron chi connectivity index (χ1n) is 5.68. The van der Waals surface area contributed by atoms with Crippen molar-refractivity contribution >= 4 is 20.7 Å². The van der Waals surface area contributed by atoms with Gasteiger partial charge in [-0.15, -0.1) is 9.24 Å². The highest BCUT2D eigenvalue weighted by atomic mass is 31.0. The van der Waals surface area contributed by atoms with Crippen molar-refractivity contribution in [3.05, 3.63) is 53.2 Å². The number of benzene rings is 1. The molecule has 1 unspecified atom stereocenters. The molecular weight excluding hydrogens is 227 g/mol. The van der Waals surface area contributed by atoms with E-state index in [9.17, 15) is 0 Å². The van der Waals surface area contributed by atoms with Crippen molar-refractivity contribution in [1.29, 1.82) is 0 Å². The van der Waals surface area contributed by atoms with E-state index in [2.05, 4.69) is 57.7 Å². The van der Waals surface area contributed by atoms with E-state index in [4.69, 9.17) is 0 Å². The summed E-state index contributed by atoms with van der Waals surface area (Å²) >= 11 is 0. The lowest BCUT2D eigenvalue weighted by atomic mass is 10.1. The molecule has 2 rings (SSSR count). The summed E-state index contributed by atoms with van der Waals surface area (Å²) in [4.78, 5) is 4.38. The normalized spacial score (nSPS) is 10.3. The fourth-order valence-electron chi connectivity index (χ4n) is 1.71. The molecule has 3 heteroatoms. The fraction of sp³-hybridized carbons (Fsp3) is 0.214. The number of aromatic nitrogens is 1. The van der Waals surface area contributed by atoms with Crippen LogP contribution in [0.3, 0.4) is 0 Å². The van der Waals surface area contributed by atoms with Gasteiger partial charge in [0, 0.05) is 11.9 Å². The quantitative estimate of drug-likeness (QED) is 0.830. The molecule has 0 aliphatic rings. The Morgan fingerprint density at radius 2 is 2.00 bits per heavy atom. The Morgan fingerprint density at radius 3 is 2.59 bits per heavy atom. The Hall–Kier alpha value is -1.40. The summed E-state index contributed by atoms with van der Waals surface area (Å²) < 4.78 is 0. The second-order valence-electron chi connectivity index (χ2n) is 4.20. The number of hydrogen-bond donors (Lipinski definition) is 1. The highest BCUT2D eigenvalue weighted by Gasteiger charge is 2.00. The van der Waals surface area contributed by atoms with Crippen LogP contribution >= 0.6 is 9.24 Å². The van der Waals surface area contributed by atoms with Crippen LogP contribution in [0.4, 0.5) is 11.5 Å². The van der Waals surface area contributed by atoms with Crippen molar-refractivity contribution in [3.8, 4) is 0 Å². The zero-order valence-corrected chi connectivity index (χ0v) is 11.4. The predicted molar refractivity (Wildman–Crippen MR) is 76.8 cm³/mol. The van der Waals surface area contributed by atoms with Gasteiger partial charge in [0.2, 0.25) is 0 Å². The topological polar surface area (TPSA) is 24.9 Å². The number of pyridine rings is 1. The van der Waals surface area contributed by atoms with Crippen LogP contribution in [0.2, 0.25) is 0 Å². The molecule has 0 saturated carbocycles. The molecule has 0 radical (unpaired) electrons. The maximum atomic E-state index is 4.38. The Labute approximate surface area is 105 Å². The summed E-state index contributed by atoms with van der Waals surface area (Å²) in [5, 5.41) is 3.33. The van der Waals surface area contributed by atoms with E-state index < -0.39 is 0 Å². The van der Waals surface area contributed by atoms with Gasteiger partial charge in [0.1, 0.15) is 5.82 Å². The molecule has 0 aliphatic heterocycles. The minimum atomic E-state index is 0.888. The second kappa shape index (κ2) is 5.29. The summed E-state index contributed by atoms with van der Waals surface area (Å²) in [5.41, 5.74) is 4.85. The SMILES string of the molecule is Cc1ccc(Nc2ccc(CP)cn2)c(C)c1. The van der Waals surface area contributed by atoms with Crippen molar-refractivity contribution in [1.82, 2.24) is 4.98 Å². The summed E-state index contributed by atoms with van der Waals surface area (Å²) in [5.74, 6) is 0.888. The van der Waals surface area contributed by atoms with Gasteiger partial charge in [0.05, 0.1) is 0 Å². The first-order chi connectivity index (χ1) is 8.19. The molecule has 17 heavy (non-hydrogen) atoms. The van der Waals surface area contributed by atoms with Crippen LogP contribution in [-0.4, -0.2) is 4.98 Å². The van der Waals surface area contributed by atoms with Gasteiger partial charge in [-0.05, 0) is 43.3 Å². The molecule has 1 N–H and O–H groups in total.